The number of nitrogens with one attached hydrogen (secondary N) is 1. The molecular formula is C11H14N2O. The second-order valence-corrected chi connectivity index (χ2v) is 3.78. The topological polar surface area (TPSA) is 48.9 Å². The number of nitrogens with zero attached hydrogens (tertiary/aromatic N) is 1. The quantitative estimate of drug-likeness (QED) is 0.724. The summed E-state index contributed by atoms with van der Waals surface area (Å²) in [5, 5.41) is 9.39. The number of hydrogen-bond donors (Lipinski definition) is 2. The summed E-state index contributed by atoms with van der Waals surface area (Å²) in [5.41, 5.74) is 4.30. The molecule has 2 aromatic rings. The molecule has 2 N–H and O–H groups in total. The van der Waals surface area contributed by atoms with Gasteiger partial charge in [0.05, 0.1) is 11.0 Å². The lowest BCUT2D eigenvalue weighted by atomic mass is 10.1. The van der Waals surface area contributed by atoms with Crippen molar-refractivity contribution in [3.8, 4) is 0 Å². The van der Waals surface area contributed by atoms with Gasteiger partial charge in [-0.05, 0) is 38.0 Å². The van der Waals surface area contributed by atoms with E-state index in [1.165, 1.54) is 5.56 Å². The highest BCUT2D eigenvalue weighted by Gasteiger charge is 2.09. The Labute approximate surface area is 82.8 Å². The van der Waals surface area contributed by atoms with Crippen LogP contribution in [0.5, 0.6) is 0 Å². The molecule has 1 unspecified atom stereocenters. The van der Waals surface area contributed by atoms with E-state index in [0.29, 0.717) is 5.82 Å². The summed E-state index contributed by atoms with van der Waals surface area (Å²) in [7, 11) is 0. The molecule has 74 valence electrons. The van der Waals surface area contributed by atoms with Gasteiger partial charge in [0.2, 0.25) is 0 Å². The fourth-order valence-electron chi connectivity index (χ4n) is 1.69. The van der Waals surface area contributed by atoms with Gasteiger partial charge >= 0.3 is 0 Å². The molecule has 3 nitrogen and oxygen atoms in total. The molecule has 0 bridgehead atoms. The second kappa shape index (κ2) is 3.10. The number of hydrogen-bond acceptors (Lipinski definition) is 2. The summed E-state index contributed by atoms with van der Waals surface area (Å²) in [4.78, 5) is 7.46. The Morgan fingerprint density at radius 1 is 1.36 bits per heavy atom. The minimum Gasteiger partial charge on any atom is -0.385 e. The smallest absolute Gasteiger partial charge is 0.135 e. The summed E-state index contributed by atoms with van der Waals surface area (Å²) in [6, 6.07) is 4.14. The van der Waals surface area contributed by atoms with Crippen LogP contribution in [0.15, 0.2) is 12.1 Å². The van der Waals surface area contributed by atoms with Gasteiger partial charge in [0.25, 0.3) is 0 Å². The minimum absolute atomic E-state index is 0.540. The Hall–Kier alpha value is -1.35. The highest BCUT2D eigenvalue weighted by atomic mass is 16.3. The van der Waals surface area contributed by atoms with E-state index in [1.54, 1.807) is 6.92 Å². The van der Waals surface area contributed by atoms with Crippen molar-refractivity contribution in [2.45, 2.75) is 26.9 Å². The summed E-state index contributed by atoms with van der Waals surface area (Å²) >= 11 is 0. The molecule has 0 saturated carbocycles. The third kappa shape index (κ3) is 1.40. The number of aromatic amines is 1. The average Bonchev–Trinajstić information content (AvgIpc) is 2.47. The zero-order valence-electron chi connectivity index (χ0n) is 8.63. The SMILES string of the molecule is Cc1cc(C)c2nc(C(C)O)[nH]c2c1. The first-order valence-electron chi connectivity index (χ1n) is 4.73. The number of imidazole rings is 1. The van der Waals surface area contributed by atoms with Gasteiger partial charge in [-0.3, -0.25) is 0 Å². The normalized spacial score (nSPS) is 13.4. The molecule has 1 heterocycles. The number of aryl methyl sites for hydroxylation is 2. The van der Waals surface area contributed by atoms with Gasteiger partial charge in [0.1, 0.15) is 11.9 Å². The van der Waals surface area contributed by atoms with Crippen LogP contribution >= 0.6 is 0 Å². The van der Waals surface area contributed by atoms with Crippen molar-refractivity contribution < 1.29 is 5.11 Å². The molecule has 0 saturated heterocycles. The van der Waals surface area contributed by atoms with E-state index in [1.807, 2.05) is 13.0 Å². The molecule has 0 fully saturated rings. The van der Waals surface area contributed by atoms with Crippen molar-refractivity contribution in [3.63, 3.8) is 0 Å². The number of aromatic nitrogens is 2. The molecule has 1 aromatic heterocycles. The molecule has 3 heteroatoms. The van der Waals surface area contributed by atoms with Gasteiger partial charge in [0, 0.05) is 0 Å². The van der Waals surface area contributed by atoms with Crippen LogP contribution in [0.4, 0.5) is 0 Å². The number of aliphatic hydroxyl groups is 1. The zero-order chi connectivity index (χ0) is 10.3. The number of rotatable bonds is 1. The van der Waals surface area contributed by atoms with Crippen molar-refractivity contribution in [3.05, 3.63) is 29.1 Å². The van der Waals surface area contributed by atoms with Gasteiger partial charge in [-0.15, -0.1) is 0 Å². The molecule has 14 heavy (non-hydrogen) atoms. The maximum atomic E-state index is 9.39. The monoisotopic (exact) mass is 190 g/mol. The lowest BCUT2D eigenvalue weighted by Gasteiger charge is -1.96. The lowest BCUT2D eigenvalue weighted by Crippen LogP contribution is -1.92. The molecule has 2 rings (SSSR count). The van der Waals surface area contributed by atoms with Crippen LogP contribution in [0, 0.1) is 13.8 Å². The van der Waals surface area contributed by atoms with E-state index in [9.17, 15) is 5.11 Å². The Bertz CT molecular complexity index is 471. The summed E-state index contributed by atoms with van der Waals surface area (Å²) in [6.45, 7) is 5.79. The largest absolute Gasteiger partial charge is 0.385 e. The van der Waals surface area contributed by atoms with E-state index in [-0.39, 0.29) is 0 Å². The number of benzene rings is 1. The van der Waals surface area contributed by atoms with Gasteiger partial charge in [-0.25, -0.2) is 4.98 Å². The van der Waals surface area contributed by atoms with Crippen LogP contribution in [0.3, 0.4) is 0 Å². The van der Waals surface area contributed by atoms with Crippen LogP contribution in [-0.4, -0.2) is 15.1 Å². The van der Waals surface area contributed by atoms with Crippen LogP contribution < -0.4 is 0 Å². The highest BCUT2D eigenvalue weighted by molar-refractivity contribution is 5.79. The maximum absolute atomic E-state index is 9.39. The third-order valence-corrected chi connectivity index (χ3v) is 2.34. The minimum atomic E-state index is -0.540. The summed E-state index contributed by atoms with van der Waals surface area (Å²) < 4.78 is 0. The second-order valence-electron chi connectivity index (χ2n) is 3.78. The molecule has 0 radical (unpaired) electrons. The Morgan fingerprint density at radius 3 is 2.71 bits per heavy atom. The maximum Gasteiger partial charge on any atom is 0.135 e. The van der Waals surface area contributed by atoms with Gasteiger partial charge in [-0.1, -0.05) is 6.07 Å². The molecule has 0 spiro atoms. The van der Waals surface area contributed by atoms with Crippen LogP contribution in [-0.2, 0) is 0 Å². The number of aliphatic hydroxyl groups excluding tert-OH is 1. The fraction of sp³-hybridized carbons (Fsp3) is 0.364. The molecule has 0 aliphatic heterocycles. The van der Waals surface area contributed by atoms with Crippen LogP contribution in [0.2, 0.25) is 0 Å². The van der Waals surface area contributed by atoms with Crippen molar-refractivity contribution >= 4 is 11.0 Å². The van der Waals surface area contributed by atoms with Crippen molar-refractivity contribution in [2.24, 2.45) is 0 Å². The first-order chi connectivity index (χ1) is 6.58. The van der Waals surface area contributed by atoms with E-state index >= 15 is 0 Å². The molecule has 0 amide bonds. The molecular weight excluding hydrogens is 176 g/mol. The number of H-pyrrole nitrogens is 1. The number of fused-ring (bicyclic) bond motifs is 1. The first kappa shape index (κ1) is 9.21. The van der Waals surface area contributed by atoms with E-state index < -0.39 is 6.10 Å². The van der Waals surface area contributed by atoms with Crippen LogP contribution in [0.25, 0.3) is 11.0 Å². The molecule has 1 atom stereocenters. The first-order valence-corrected chi connectivity index (χ1v) is 4.73. The van der Waals surface area contributed by atoms with E-state index in [0.717, 1.165) is 16.6 Å². The predicted molar refractivity (Wildman–Crippen MR) is 56.2 cm³/mol. The summed E-state index contributed by atoms with van der Waals surface area (Å²) in [6.07, 6.45) is -0.540. The molecule has 0 aliphatic carbocycles. The van der Waals surface area contributed by atoms with Gasteiger partial charge in [-0.2, -0.15) is 0 Å². The Morgan fingerprint density at radius 2 is 2.07 bits per heavy atom. The fourth-order valence-corrected chi connectivity index (χ4v) is 1.69. The third-order valence-electron chi connectivity index (χ3n) is 2.34. The van der Waals surface area contributed by atoms with Crippen molar-refractivity contribution in [1.29, 1.82) is 0 Å². The van der Waals surface area contributed by atoms with Crippen molar-refractivity contribution in [2.75, 3.05) is 0 Å². The van der Waals surface area contributed by atoms with Crippen LogP contribution in [0.1, 0.15) is 30.0 Å². The Kier molecular flexibility index (Phi) is 2.04. The van der Waals surface area contributed by atoms with E-state index in [2.05, 4.69) is 23.0 Å². The predicted octanol–water partition coefficient (Wildman–Crippen LogP) is 2.23. The zero-order valence-corrected chi connectivity index (χ0v) is 8.63. The summed E-state index contributed by atoms with van der Waals surface area (Å²) in [5.74, 6) is 0.633. The Balaban J connectivity index is 2.70. The van der Waals surface area contributed by atoms with Gasteiger partial charge in [0.15, 0.2) is 0 Å². The van der Waals surface area contributed by atoms with Gasteiger partial charge < -0.3 is 10.1 Å². The molecule has 0 aliphatic rings. The standard InChI is InChI=1S/C11H14N2O/c1-6-4-7(2)10-9(5-6)12-11(13-10)8(3)14/h4-5,8,14H,1-3H3,(H,12,13). The average molecular weight is 190 g/mol. The molecule has 1 aromatic carbocycles. The van der Waals surface area contributed by atoms with E-state index in [4.69, 9.17) is 0 Å². The highest BCUT2D eigenvalue weighted by Crippen LogP contribution is 2.20. The lowest BCUT2D eigenvalue weighted by molar-refractivity contribution is 0.190. The van der Waals surface area contributed by atoms with Crippen molar-refractivity contribution in [1.82, 2.24) is 9.97 Å².